The van der Waals surface area contributed by atoms with Crippen LogP contribution in [0.5, 0.6) is 0 Å². The molecule has 68 valence electrons. The molecule has 2 nitrogen and oxygen atoms in total. The van der Waals surface area contributed by atoms with Crippen LogP contribution in [-0.2, 0) is 9.78 Å². The minimum Gasteiger partial charge on any atom is -0.195 e. The van der Waals surface area contributed by atoms with Crippen LogP contribution in [0.2, 0.25) is 0 Å². The molecule has 0 aromatic rings. The molecule has 3 fully saturated rings. The normalized spacial score (nSPS) is 44.0. The summed E-state index contributed by atoms with van der Waals surface area (Å²) in [6.07, 6.45) is 9.44. The Morgan fingerprint density at radius 3 is 2.50 bits per heavy atom. The fraction of sp³-hybridized carbons (Fsp3) is 1.00. The molecular weight excluding hydrogens is 152 g/mol. The van der Waals surface area contributed by atoms with Crippen LogP contribution in [0.15, 0.2) is 0 Å². The van der Waals surface area contributed by atoms with Gasteiger partial charge in [0, 0.05) is 12.3 Å². The van der Waals surface area contributed by atoms with Gasteiger partial charge in [-0.25, -0.2) is 0 Å². The highest BCUT2D eigenvalue weighted by Crippen LogP contribution is 2.54. The van der Waals surface area contributed by atoms with Gasteiger partial charge in [0.25, 0.3) is 0 Å². The number of hydrogen-bond donors (Lipinski definition) is 0. The van der Waals surface area contributed by atoms with E-state index in [9.17, 15) is 0 Å². The maximum atomic E-state index is 5.21. The van der Waals surface area contributed by atoms with Crippen LogP contribution in [-0.4, -0.2) is 5.79 Å². The fourth-order valence-corrected chi connectivity index (χ4v) is 3.19. The van der Waals surface area contributed by atoms with Gasteiger partial charge < -0.3 is 0 Å². The molecule has 0 aromatic heterocycles. The van der Waals surface area contributed by atoms with Crippen molar-refractivity contribution in [2.75, 3.05) is 0 Å². The number of hydrogen-bond acceptors (Lipinski definition) is 2. The van der Waals surface area contributed by atoms with Gasteiger partial charge in [-0.3, -0.25) is 0 Å². The molecule has 0 aromatic carbocycles. The maximum Gasteiger partial charge on any atom is 0.237 e. The van der Waals surface area contributed by atoms with E-state index in [1.54, 1.807) is 0 Å². The molecule has 1 saturated heterocycles. The van der Waals surface area contributed by atoms with E-state index in [1.165, 1.54) is 38.5 Å². The molecule has 2 aliphatic carbocycles. The Morgan fingerprint density at radius 1 is 0.917 bits per heavy atom. The predicted octanol–water partition coefficient (Wildman–Crippen LogP) is 2.63. The average molecular weight is 168 g/mol. The third-order valence-corrected chi connectivity index (χ3v) is 3.87. The Balaban J connectivity index is 1.80. The predicted molar refractivity (Wildman–Crippen MR) is 44.2 cm³/mol. The molecule has 2 heteroatoms. The summed E-state index contributed by atoms with van der Waals surface area (Å²) in [7, 11) is 0. The van der Waals surface area contributed by atoms with Crippen molar-refractivity contribution in [2.24, 2.45) is 11.8 Å². The average Bonchev–Trinajstić information content (AvgIpc) is 2.87. The lowest BCUT2D eigenvalue weighted by Crippen LogP contribution is -2.37. The molecule has 2 saturated carbocycles. The van der Waals surface area contributed by atoms with Gasteiger partial charge in [0.1, 0.15) is 0 Å². The molecule has 2 atom stereocenters. The second-order valence-electron chi connectivity index (χ2n) is 4.52. The van der Waals surface area contributed by atoms with Crippen molar-refractivity contribution in [3.05, 3.63) is 0 Å². The second kappa shape index (κ2) is 2.46. The highest BCUT2D eigenvalue weighted by molar-refractivity contribution is 4.93. The minimum absolute atomic E-state index is 0.0800. The highest BCUT2D eigenvalue weighted by atomic mass is 17.4. The zero-order chi connectivity index (χ0) is 8.02. The lowest BCUT2D eigenvalue weighted by Gasteiger charge is -2.37. The van der Waals surface area contributed by atoms with Gasteiger partial charge in [-0.05, 0) is 31.6 Å². The smallest absolute Gasteiger partial charge is 0.195 e. The second-order valence-corrected chi connectivity index (χ2v) is 4.52. The summed E-state index contributed by atoms with van der Waals surface area (Å²) in [4.78, 5) is 10.4. The van der Waals surface area contributed by atoms with Crippen LogP contribution in [0.3, 0.4) is 0 Å². The summed E-state index contributed by atoms with van der Waals surface area (Å²) < 4.78 is 0. The largest absolute Gasteiger partial charge is 0.237 e. The summed E-state index contributed by atoms with van der Waals surface area (Å²) in [5.41, 5.74) is 0. The van der Waals surface area contributed by atoms with Crippen LogP contribution < -0.4 is 0 Å². The topological polar surface area (TPSA) is 25.1 Å². The van der Waals surface area contributed by atoms with Crippen molar-refractivity contribution >= 4 is 0 Å². The van der Waals surface area contributed by atoms with Crippen molar-refractivity contribution in [1.82, 2.24) is 0 Å². The molecule has 0 amide bonds. The van der Waals surface area contributed by atoms with Gasteiger partial charge in [0.15, 0.2) is 0 Å². The first kappa shape index (κ1) is 7.34. The lowest BCUT2D eigenvalue weighted by atomic mass is 9.68. The van der Waals surface area contributed by atoms with E-state index < -0.39 is 0 Å². The molecule has 1 heterocycles. The minimum atomic E-state index is -0.0800. The SMILES string of the molecule is C1CCC2C(C1)CCCC21OO1. The molecule has 1 spiro atoms. The van der Waals surface area contributed by atoms with Crippen molar-refractivity contribution < 1.29 is 9.78 Å². The van der Waals surface area contributed by atoms with Crippen molar-refractivity contribution in [1.29, 1.82) is 0 Å². The zero-order valence-electron chi connectivity index (χ0n) is 7.42. The van der Waals surface area contributed by atoms with Crippen LogP contribution in [0.25, 0.3) is 0 Å². The van der Waals surface area contributed by atoms with Crippen LogP contribution in [0, 0.1) is 11.8 Å². The molecule has 2 unspecified atom stereocenters. The number of fused-ring (bicyclic) bond motifs is 2. The molecule has 3 aliphatic rings. The number of rotatable bonds is 0. The van der Waals surface area contributed by atoms with Crippen molar-refractivity contribution in [2.45, 2.75) is 50.7 Å². The molecule has 1 aliphatic heterocycles. The van der Waals surface area contributed by atoms with E-state index in [-0.39, 0.29) is 5.79 Å². The van der Waals surface area contributed by atoms with Gasteiger partial charge in [-0.1, -0.05) is 12.8 Å². The maximum absolute atomic E-state index is 5.21. The lowest BCUT2D eigenvalue weighted by molar-refractivity contribution is 0.0665. The van der Waals surface area contributed by atoms with E-state index in [0.29, 0.717) is 0 Å². The monoisotopic (exact) mass is 168 g/mol. The van der Waals surface area contributed by atoms with Gasteiger partial charge in [-0.2, -0.15) is 9.78 Å². The first-order chi connectivity index (χ1) is 5.91. The van der Waals surface area contributed by atoms with Crippen molar-refractivity contribution in [3.8, 4) is 0 Å². The Morgan fingerprint density at radius 2 is 1.67 bits per heavy atom. The van der Waals surface area contributed by atoms with Gasteiger partial charge in [0.2, 0.25) is 5.79 Å². The summed E-state index contributed by atoms with van der Waals surface area (Å²) >= 11 is 0. The molecule has 0 bridgehead atoms. The Kier molecular flexibility index (Phi) is 1.50. The van der Waals surface area contributed by atoms with Crippen LogP contribution >= 0.6 is 0 Å². The van der Waals surface area contributed by atoms with E-state index in [2.05, 4.69) is 0 Å². The molecular formula is C10H16O2. The Hall–Kier alpha value is -0.0800. The summed E-state index contributed by atoms with van der Waals surface area (Å²) in [5, 5.41) is 0. The van der Waals surface area contributed by atoms with E-state index in [0.717, 1.165) is 18.3 Å². The van der Waals surface area contributed by atoms with Crippen LogP contribution in [0.4, 0.5) is 0 Å². The van der Waals surface area contributed by atoms with E-state index in [1.807, 2.05) is 0 Å². The zero-order valence-corrected chi connectivity index (χ0v) is 7.42. The van der Waals surface area contributed by atoms with E-state index in [4.69, 9.17) is 9.78 Å². The van der Waals surface area contributed by atoms with Gasteiger partial charge >= 0.3 is 0 Å². The van der Waals surface area contributed by atoms with Crippen molar-refractivity contribution in [3.63, 3.8) is 0 Å². The van der Waals surface area contributed by atoms with E-state index >= 15 is 0 Å². The first-order valence-electron chi connectivity index (χ1n) is 5.28. The van der Waals surface area contributed by atoms with Gasteiger partial charge in [0.05, 0.1) is 0 Å². The third-order valence-electron chi connectivity index (χ3n) is 3.87. The summed E-state index contributed by atoms with van der Waals surface area (Å²) in [6, 6.07) is 0. The molecule has 0 N–H and O–H groups in total. The summed E-state index contributed by atoms with van der Waals surface area (Å²) in [6.45, 7) is 0. The first-order valence-corrected chi connectivity index (χ1v) is 5.28. The summed E-state index contributed by atoms with van der Waals surface area (Å²) in [5.74, 6) is 1.57. The highest BCUT2D eigenvalue weighted by Gasteiger charge is 2.59. The molecule has 12 heavy (non-hydrogen) atoms. The fourth-order valence-electron chi connectivity index (χ4n) is 3.19. The standard InChI is InChI=1S/C10H16O2/c1-2-6-9-8(4-1)5-3-7-10(9)11-12-10/h8-9H,1-7H2. The third kappa shape index (κ3) is 0.944. The Labute approximate surface area is 73.2 Å². The molecule has 0 radical (unpaired) electrons. The Bertz CT molecular complexity index is 184. The quantitative estimate of drug-likeness (QED) is 0.410. The molecule has 3 rings (SSSR count). The van der Waals surface area contributed by atoms with Gasteiger partial charge in [-0.15, -0.1) is 0 Å². The van der Waals surface area contributed by atoms with Crippen LogP contribution in [0.1, 0.15) is 44.9 Å².